The molecule has 0 bridgehead atoms. The first-order valence-corrected chi connectivity index (χ1v) is 6.15. The number of nitrogen functional groups attached to an aromatic ring is 1. The van der Waals surface area contributed by atoms with E-state index in [1.807, 2.05) is 12.1 Å². The van der Waals surface area contributed by atoms with Crippen LogP contribution >= 0.6 is 0 Å². The zero-order valence-corrected chi connectivity index (χ0v) is 10.1. The third-order valence-electron chi connectivity index (χ3n) is 3.07. The summed E-state index contributed by atoms with van der Waals surface area (Å²) < 4.78 is 16.6. The van der Waals surface area contributed by atoms with Gasteiger partial charge in [0.25, 0.3) is 0 Å². The first kappa shape index (κ1) is 11.5. The number of fused-ring (bicyclic) bond motifs is 1. The number of hydrogen-bond donors (Lipinski definition) is 1. The number of hydrogen-bond acceptors (Lipinski definition) is 5. The maximum atomic E-state index is 5.76. The minimum atomic E-state index is 0.249. The predicted molar refractivity (Wildman–Crippen MR) is 67.1 cm³/mol. The van der Waals surface area contributed by atoms with Gasteiger partial charge < -0.3 is 19.6 Å². The lowest BCUT2D eigenvalue weighted by Crippen LogP contribution is -2.23. The molecular weight excluding hydrogens is 232 g/mol. The summed E-state index contributed by atoms with van der Waals surface area (Å²) in [6.45, 7) is 1.95. The fourth-order valence-electron chi connectivity index (χ4n) is 2.08. The number of benzene rings is 1. The van der Waals surface area contributed by atoms with Gasteiger partial charge in [0, 0.05) is 25.0 Å². The molecule has 2 heterocycles. The average molecular weight is 248 g/mol. The summed E-state index contributed by atoms with van der Waals surface area (Å²) in [5.74, 6) is 0.599. The summed E-state index contributed by atoms with van der Waals surface area (Å²) in [6.07, 6.45) is 2.12. The van der Waals surface area contributed by atoms with Crippen molar-refractivity contribution in [2.24, 2.45) is 0 Å². The van der Waals surface area contributed by atoms with Crippen molar-refractivity contribution in [2.75, 3.05) is 18.9 Å². The van der Waals surface area contributed by atoms with Crippen LogP contribution in [-0.4, -0.2) is 24.3 Å². The highest BCUT2D eigenvalue weighted by Gasteiger charge is 2.15. The van der Waals surface area contributed by atoms with Gasteiger partial charge in [-0.25, -0.2) is 4.98 Å². The SMILES string of the molecule is Nc1ccc2nc(COC3CCOCC3)oc2c1. The Morgan fingerprint density at radius 3 is 3.00 bits per heavy atom. The van der Waals surface area contributed by atoms with Gasteiger partial charge in [-0.1, -0.05) is 0 Å². The van der Waals surface area contributed by atoms with Gasteiger partial charge in [-0.3, -0.25) is 0 Å². The van der Waals surface area contributed by atoms with Crippen LogP contribution < -0.4 is 5.73 Å². The molecule has 3 rings (SSSR count). The monoisotopic (exact) mass is 248 g/mol. The van der Waals surface area contributed by atoms with E-state index < -0.39 is 0 Å². The van der Waals surface area contributed by atoms with E-state index in [4.69, 9.17) is 19.6 Å². The number of oxazole rings is 1. The van der Waals surface area contributed by atoms with Gasteiger partial charge in [0.15, 0.2) is 5.58 Å². The molecule has 1 aromatic heterocycles. The first-order chi connectivity index (χ1) is 8.81. The van der Waals surface area contributed by atoms with E-state index in [2.05, 4.69) is 4.98 Å². The van der Waals surface area contributed by atoms with Gasteiger partial charge in [0.1, 0.15) is 12.1 Å². The van der Waals surface area contributed by atoms with Crippen molar-refractivity contribution >= 4 is 16.8 Å². The van der Waals surface area contributed by atoms with Crippen molar-refractivity contribution in [3.63, 3.8) is 0 Å². The van der Waals surface area contributed by atoms with Crippen molar-refractivity contribution in [3.8, 4) is 0 Å². The molecule has 1 aliphatic heterocycles. The quantitative estimate of drug-likeness (QED) is 0.842. The minimum Gasteiger partial charge on any atom is -0.438 e. The van der Waals surface area contributed by atoms with E-state index in [0.717, 1.165) is 31.6 Å². The topological polar surface area (TPSA) is 70.5 Å². The number of rotatable bonds is 3. The van der Waals surface area contributed by atoms with Crippen LogP contribution in [0.5, 0.6) is 0 Å². The highest BCUT2D eigenvalue weighted by atomic mass is 16.5. The number of ether oxygens (including phenoxy) is 2. The maximum absolute atomic E-state index is 5.76. The molecule has 2 N–H and O–H groups in total. The Morgan fingerprint density at radius 1 is 1.33 bits per heavy atom. The summed E-state index contributed by atoms with van der Waals surface area (Å²) in [6, 6.07) is 5.44. The lowest BCUT2D eigenvalue weighted by molar-refractivity contribution is -0.0442. The molecule has 0 spiro atoms. The van der Waals surface area contributed by atoms with Crippen LogP contribution in [0.4, 0.5) is 5.69 Å². The van der Waals surface area contributed by atoms with Gasteiger partial charge in [0.05, 0.1) is 6.10 Å². The van der Waals surface area contributed by atoms with Crippen LogP contribution in [-0.2, 0) is 16.1 Å². The molecule has 0 atom stereocenters. The number of nitrogens with zero attached hydrogens (tertiary/aromatic N) is 1. The Labute approximate surface area is 105 Å². The van der Waals surface area contributed by atoms with Crippen LogP contribution in [0.25, 0.3) is 11.1 Å². The van der Waals surface area contributed by atoms with Crippen LogP contribution in [0.15, 0.2) is 22.6 Å². The van der Waals surface area contributed by atoms with Gasteiger partial charge in [0.2, 0.25) is 5.89 Å². The van der Waals surface area contributed by atoms with Gasteiger partial charge in [-0.05, 0) is 25.0 Å². The Kier molecular flexibility index (Phi) is 3.17. The summed E-state index contributed by atoms with van der Waals surface area (Å²) in [5.41, 5.74) is 7.89. The molecular formula is C13H16N2O3. The maximum Gasteiger partial charge on any atom is 0.221 e. The standard InChI is InChI=1S/C13H16N2O3/c14-9-1-2-11-12(7-9)18-13(15-11)8-17-10-3-5-16-6-4-10/h1-2,7,10H,3-6,8,14H2. The molecule has 96 valence electrons. The lowest BCUT2D eigenvalue weighted by Gasteiger charge is -2.21. The largest absolute Gasteiger partial charge is 0.438 e. The Bertz CT molecular complexity index is 532. The van der Waals surface area contributed by atoms with Crippen molar-refractivity contribution < 1.29 is 13.9 Å². The van der Waals surface area contributed by atoms with Crippen LogP contribution in [0.1, 0.15) is 18.7 Å². The van der Waals surface area contributed by atoms with E-state index in [1.54, 1.807) is 6.07 Å². The Hall–Kier alpha value is -1.59. The molecule has 1 aliphatic rings. The molecule has 0 amide bonds. The molecule has 0 aliphatic carbocycles. The molecule has 1 fully saturated rings. The molecule has 0 saturated carbocycles. The highest BCUT2D eigenvalue weighted by Crippen LogP contribution is 2.20. The van der Waals surface area contributed by atoms with Crippen molar-refractivity contribution in [3.05, 3.63) is 24.1 Å². The van der Waals surface area contributed by atoms with Gasteiger partial charge in [-0.15, -0.1) is 0 Å². The van der Waals surface area contributed by atoms with E-state index in [-0.39, 0.29) is 6.10 Å². The third-order valence-corrected chi connectivity index (χ3v) is 3.07. The van der Waals surface area contributed by atoms with Gasteiger partial charge >= 0.3 is 0 Å². The second-order valence-electron chi connectivity index (χ2n) is 4.46. The van der Waals surface area contributed by atoms with Crippen molar-refractivity contribution in [1.29, 1.82) is 0 Å². The van der Waals surface area contributed by atoms with Crippen LogP contribution in [0.3, 0.4) is 0 Å². The highest BCUT2D eigenvalue weighted by molar-refractivity contribution is 5.76. The zero-order valence-electron chi connectivity index (χ0n) is 10.1. The van der Waals surface area contributed by atoms with Gasteiger partial charge in [-0.2, -0.15) is 0 Å². The molecule has 1 aromatic carbocycles. The summed E-state index contributed by atoms with van der Waals surface area (Å²) in [5, 5.41) is 0. The minimum absolute atomic E-state index is 0.249. The van der Waals surface area contributed by atoms with E-state index in [9.17, 15) is 0 Å². The summed E-state index contributed by atoms with van der Waals surface area (Å²) in [4.78, 5) is 4.36. The molecule has 1 saturated heterocycles. The van der Waals surface area contributed by atoms with Crippen LogP contribution in [0, 0.1) is 0 Å². The van der Waals surface area contributed by atoms with E-state index in [0.29, 0.717) is 23.8 Å². The zero-order chi connectivity index (χ0) is 12.4. The molecule has 18 heavy (non-hydrogen) atoms. The predicted octanol–water partition coefficient (Wildman–Crippen LogP) is 2.11. The number of anilines is 1. The Morgan fingerprint density at radius 2 is 2.17 bits per heavy atom. The normalized spacial score (nSPS) is 17.3. The molecule has 2 aromatic rings. The third kappa shape index (κ3) is 2.47. The molecule has 5 nitrogen and oxygen atoms in total. The van der Waals surface area contributed by atoms with Crippen LogP contribution in [0.2, 0.25) is 0 Å². The number of aromatic nitrogens is 1. The molecule has 5 heteroatoms. The first-order valence-electron chi connectivity index (χ1n) is 6.15. The van der Waals surface area contributed by atoms with E-state index in [1.165, 1.54) is 0 Å². The fourth-order valence-corrected chi connectivity index (χ4v) is 2.08. The smallest absolute Gasteiger partial charge is 0.221 e. The lowest BCUT2D eigenvalue weighted by atomic mass is 10.2. The molecule has 0 radical (unpaired) electrons. The second kappa shape index (κ2) is 4.96. The Balaban J connectivity index is 1.67. The van der Waals surface area contributed by atoms with Crippen molar-refractivity contribution in [1.82, 2.24) is 4.98 Å². The number of nitrogens with two attached hydrogens (primary N) is 1. The summed E-state index contributed by atoms with van der Waals surface area (Å²) in [7, 11) is 0. The molecule has 0 unspecified atom stereocenters. The van der Waals surface area contributed by atoms with E-state index >= 15 is 0 Å². The average Bonchev–Trinajstić information content (AvgIpc) is 2.79. The van der Waals surface area contributed by atoms with Crippen molar-refractivity contribution in [2.45, 2.75) is 25.6 Å². The summed E-state index contributed by atoms with van der Waals surface area (Å²) >= 11 is 0. The second-order valence-corrected chi connectivity index (χ2v) is 4.46. The fraction of sp³-hybridized carbons (Fsp3) is 0.462.